The molecule has 13 heteroatoms. The number of methoxy groups -OCH3 is 1. The standard InChI is InChI=1S/C26H34F2N8O3/c1-5-18-20(35-13-17(11-23(37)39-4)12-26(27,28)15-35)9-8-19(29-18)24-21(34(3)32-30-24)14-36-25(38)33(2)22(31-36)10-16-6-7-16/h8-9,16-17H,5-7,10-15H2,1-4H3/t17-/m0/s1. The van der Waals surface area contributed by atoms with Crippen LogP contribution in [0.15, 0.2) is 16.9 Å². The minimum absolute atomic E-state index is 0.0617. The minimum Gasteiger partial charge on any atom is -0.469 e. The number of hydrogen-bond donors (Lipinski definition) is 0. The highest BCUT2D eigenvalue weighted by Gasteiger charge is 2.41. The van der Waals surface area contributed by atoms with Gasteiger partial charge in [0.1, 0.15) is 11.5 Å². The highest BCUT2D eigenvalue weighted by atomic mass is 19.3. The molecule has 2 aliphatic rings. The Hall–Kier alpha value is -3.64. The number of aromatic nitrogens is 7. The lowest BCUT2D eigenvalue weighted by Gasteiger charge is -2.39. The maximum Gasteiger partial charge on any atom is 0.346 e. The van der Waals surface area contributed by atoms with E-state index in [2.05, 4.69) is 15.4 Å². The van der Waals surface area contributed by atoms with Gasteiger partial charge in [0.25, 0.3) is 5.92 Å². The third kappa shape index (κ3) is 5.71. The van der Waals surface area contributed by atoms with E-state index in [9.17, 15) is 18.4 Å². The van der Waals surface area contributed by atoms with Gasteiger partial charge in [-0.2, -0.15) is 5.10 Å². The number of ether oxygens (including phenoxy) is 1. The monoisotopic (exact) mass is 544 g/mol. The van der Waals surface area contributed by atoms with E-state index in [4.69, 9.17) is 9.72 Å². The number of aryl methyl sites for hydroxylation is 2. The van der Waals surface area contributed by atoms with Gasteiger partial charge >= 0.3 is 11.7 Å². The predicted molar refractivity (Wildman–Crippen MR) is 139 cm³/mol. The zero-order valence-electron chi connectivity index (χ0n) is 22.7. The van der Waals surface area contributed by atoms with Crippen molar-refractivity contribution in [2.75, 3.05) is 25.1 Å². The Labute approximate surface area is 224 Å². The van der Waals surface area contributed by atoms with Gasteiger partial charge in [-0.25, -0.2) is 27.9 Å². The second-order valence-electron chi connectivity index (χ2n) is 10.7. The molecule has 1 saturated carbocycles. The van der Waals surface area contributed by atoms with Crippen molar-refractivity contribution in [2.24, 2.45) is 25.9 Å². The van der Waals surface area contributed by atoms with E-state index in [1.807, 2.05) is 6.92 Å². The summed E-state index contributed by atoms with van der Waals surface area (Å²) in [6.45, 7) is 1.95. The van der Waals surface area contributed by atoms with Crippen LogP contribution in [0.3, 0.4) is 0 Å². The Kier molecular flexibility index (Phi) is 7.25. The van der Waals surface area contributed by atoms with Gasteiger partial charge in [-0.3, -0.25) is 9.36 Å². The quantitative estimate of drug-likeness (QED) is 0.378. The molecular weight excluding hydrogens is 510 g/mol. The van der Waals surface area contributed by atoms with Gasteiger partial charge in [0.05, 0.1) is 49.4 Å². The number of halogens is 2. The van der Waals surface area contributed by atoms with Crippen LogP contribution >= 0.6 is 0 Å². The number of carbonyl (C=O) groups excluding carboxylic acids is 1. The Morgan fingerprint density at radius 3 is 2.67 bits per heavy atom. The molecule has 1 aliphatic carbocycles. The number of alkyl halides is 2. The molecule has 1 atom stereocenters. The van der Waals surface area contributed by atoms with Gasteiger partial charge in [-0.05, 0) is 43.2 Å². The lowest BCUT2D eigenvalue weighted by Crippen LogP contribution is -2.48. The lowest BCUT2D eigenvalue weighted by atomic mass is 9.91. The van der Waals surface area contributed by atoms with Crippen molar-refractivity contribution in [2.45, 2.75) is 57.9 Å². The van der Waals surface area contributed by atoms with Crippen LogP contribution in [-0.4, -0.2) is 66.4 Å². The van der Waals surface area contributed by atoms with Crippen LogP contribution < -0.4 is 10.6 Å². The average Bonchev–Trinajstić information content (AvgIpc) is 3.59. The summed E-state index contributed by atoms with van der Waals surface area (Å²) < 4.78 is 38.6. The topological polar surface area (TPSA) is 113 Å². The molecule has 0 unspecified atom stereocenters. The first kappa shape index (κ1) is 26.9. The van der Waals surface area contributed by atoms with E-state index in [0.29, 0.717) is 47.3 Å². The highest BCUT2D eigenvalue weighted by Crippen LogP contribution is 2.36. The third-order valence-corrected chi connectivity index (χ3v) is 7.58. The van der Waals surface area contributed by atoms with Gasteiger partial charge in [0.15, 0.2) is 0 Å². The predicted octanol–water partition coefficient (Wildman–Crippen LogP) is 2.36. The van der Waals surface area contributed by atoms with Crippen LogP contribution in [0.5, 0.6) is 0 Å². The Bertz CT molecular complexity index is 1420. The first-order valence-electron chi connectivity index (χ1n) is 13.3. The maximum atomic E-state index is 14.7. The molecule has 0 radical (unpaired) electrons. The fourth-order valence-electron chi connectivity index (χ4n) is 5.31. The number of anilines is 1. The van der Waals surface area contributed by atoms with Crippen LogP contribution in [0.2, 0.25) is 0 Å². The summed E-state index contributed by atoms with van der Waals surface area (Å²) in [4.78, 5) is 31.0. The van der Waals surface area contributed by atoms with Crippen molar-refractivity contribution >= 4 is 11.7 Å². The first-order chi connectivity index (χ1) is 18.6. The van der Waals surface area contributed by atoms with Crippen LogP contribution in [0.25, 0.3) is 11.4 Å². The normalized spacial score (nSPS) is 18.9. The zero-order valence-corrected chi connectivity index (χ0v) is 22.7. The van der Waals surface area contributed by atoms with E-state index >= 15 is 0 Å². The smallest absolute Gasteiger partial charge is 0.346 e. The Morgan fingerprint density at radius 2 is 1.97 bits per heavy atom. The summed E-state index contributed by atoms with van der Waals surface area (Å²) in [5, 5.41) is 13.0. The molecular formula is C26H34F2N8O3. The second kappa shape index (κ2) is 10.5. The van der Waals surface area contributed by atoms with Crippen molar-refractivity contribution in [1.82, 2.24) is 34.3 Å². The maximum absolute atomic E-state index is 14.7. The lowest BCUT2D eigenvalue weighted by molar-refractivity contribution is -0.142. The number of carbonyl (C=O) groups is 1. The number of piperidine rings is 1. The van der Waals surface area contributed by atoms with Gasteiger partial charge in [-0.15, -0.1) is 5.10 Å². The summed E-state index contributed by atoms with van der Waals surface area (Å²) >= 11 is 0. The van der Waals surface area contributed by atoms with E-state index in [0.717, 1.165) is 12.2 Å². The fourth-order valence-corrected chi connectivity index (χ4v) is 5.31. The molecule has 0 aromatic carbocycles. The van der Waals surface area contributed by atoms with Crippen LogP contribution in [-0.2, 0) is 43.0 Å². The third-order valence-electron chi connectivity index (χ3n) is 7.58. The number of esters is 1. The molecule has 3 aromatic heterocycles. The van der Waals surface area contributed by atoms with Gasteiger partial charge in [0, 0.05) is 33.5 Å². The molecule has 39 heavy (non-hydrogen) atoms. The molecule has 4 heterocycles. The molecule has 1 saturated heterocycles. The van der Waals surface area contributed by atoms with Gasteiger partial charge < -0.3 is 9.64 Å². The molecule has 2 fully saturated rings. The fraction of sp³-hybridized carbons (Fsp3) is 0.615. The van der Waals surface area contributed by atoms with Crippen molar-refractivity contribution < 1.29 is 18.3 Å². The number of rotatable bonds is 9. The van der Waals surface area contributed by atoms with E-state index in [1.54, 1.807) is 40.4 Å². The molecule has 0 N–H and O–H groups in total. The van der Waals surface area contributed by atoms with Crippen LogP contribution in [0.4, 0.5) is 14.5 Å². The summed E-state index contributed by atoms with van der Waals surface area (Å²) in [5.41, 5.74) is 2.75. The summed E-state index contributed by atoms with van der Waals surface area (Å²) in [6.07, 6.45) is 3.21. The summed E-state index contributed by atoms with van der Waals surface area (Å²) in [5.74, 6) is -2.60. The number of pyridine rings is 1. The van der Waals surface area contributed by atoms with Gasteiger partial charge in [-0.1, -0.05) is 12.1 Å². The van der Waals surface area contributed by atoms with E-state index in [-0.39, 0.29) is 25.1 Å². The van der Waals surface area contributed by atoms with E-state index < -0.39 is 24.4 Å². The average molecular weight is 545 g/mol. The van der Waals surface area contributed by atoms with Crippen molar-refractivity contribution in [3.05, 3.63) is 39.8 Å². The second-order valence-corrected chi connectivity index (χ2v) is 10.7. The number of nitrogens with zero attached hydrogens (tertiary/aromatic N) is 8. The molecule has 3 aromatic rings. The zero-order chi connectivity index (χ0) is 27.9. The minimum atomic E-state index is -2.94. The van der Waals surface area contributed by atoms with Crippen molar-refractivity contribution in [3.8, 4) is 11.4 Å². The molecule has 11 nitrogen and oxygen atoms in total. The molecule has 1 aliphatic heterocycles. The summed E-state index contributed by atoms with van der Waals surface area (Å²) in [6, 6.07) is 3.51. The molecule has 0 amide bonds. The first-order valence-corrected chi connectivity index (χ1v) is 13.3. The number of hydrogen-bond acceptors (Lipinski definition) is 8. The Morgan fingerprint density at radius 1 is 1.21 bits per heavy atom. The molecule has 0 bridgehead atoms. The van der Waals surface area contributed by atoms with Crippen molar-refractivity contribution in [3.63, 3.8) is 0 Å². The highest BCUT2D eigenvalue weighted by molar-refractivity contribution is 5.70. The van der Waals surface area contributed by atoms with Crippen LogP contribution in [0, 0.1) is 11.8 Å². The van der Waals surface area contributed by atoms with Crippen molar-refractivity contribution in [1.29, 1.82) is 0 Å². The molecule has 210 valence electrons. The van der Waals surface area contributed by atoms with Gasteiger partial charge in [0.2, 0.25) is 0 Å². The largest absolute Gasteiger partial charge is 0.469 e. The Balaban J connectivity index is 1.42. The summed E-state index contributed by atoms with van der Waals surface area (Å²) in [7, 11) is 4.74. The van der Waals surface area contributed by atoms with Crippen LogP contribution in [0.1, 0.15) is 49.8 Å². The molecule has 0 spiro atoms. The van der Waals surface area contributed by atoms with E-state index in [1.165, 1.54) is 24.6 Å². The molecule has 5 rings (SSSR count). The SMILES string of the molecule is CCc1nc(-c2nnn(C)c2Cn2nc(CC3CC3)n(C)c2=O)ccc1N1C[C@@H](CC(=O)OC)CC(F)(F)C1.